The molecule has 1 aliphatic heterocycles. The van der Waals surface area contributed by atoms with Gasteiger partial charge in [-0.15, -0.1) is 0 Å². The number of ether oxygens (including phenoxy) is 2. The van der Waals surface area contributed by atoms with Gasteiger partial charge in [0.15, 0.2) is 6.61 Å². The predicted octanol–water partition coefficient (Wildman–Crippen LogP) is 3.11. The third-order valence-electron chi connectivity index (χ3n) is 5.11. The highest BCUT2D eigenvalue weighted by Gasteiger charge is 2.44. The summed E-state index contributed by atoms with van der Waals surface area (Å²) in [5.41, 5.74) is 1.23. The summed E-state index contributed by atoms with van der Waals surface area (Å²) in [5.74, 6) is -1.08. The lowest BCUT2D eigenvalue weighted by Gasteiger charge is -2.27. The minimum atomic E-state index is -1.08. The molecule has 0 unspecified atom stereocenters. The maximum atomic E-state index is 12.9. The fraction of sp³-hybridized carbons (Fsp3) is 0.261. The number of methoxy groups -OCH3 is 1. The van der Waals surface area contributed by atoms with E-state index in [1.54, 1.807) is 69.5 Å². The molecular formula is C23H21N3O6. The van der Waals surface area contributed by atoms with Crippen LogP contribution in [0.4, 0.5) is 0 Å². The van der Waals surface area contributed by atoms with Crippen LogP contribution in [0, 0.1) is 5.92 Å². The zero-order valence-corrected chi connectivity index (χ0v) is 17.8. The highest BCUT2D eigenvalue weighted by Crippen LogP contribution is 2.28. The van der Waals surface area contributed by atoms with Crippen LogP contribution in [0.3, 0.4) is 0 Å². The number of nitrogens with zero attached hydrogens (tertiary/aromatic N) is 3. The quantitative estimate of drug-likeness (QED) is 0.411. The number of aromatic nitrogens is 2. The van der Waals surface area contributed by atoms with Gasteiger partial charge in [-0.2, -0.15) is 4.98 Å². The van der Waals surface area contributed by atoms with Crippen LogP contribution in [0.15, 0.2) is 53.1 Å². The molecule has 0 aliphatic carbocycles. The van der Waals surface area contributed by atoms with E-state index in [2.05, 4.69) is 10.1 Å². The number of hydrogen-bond donors (Lipinski definition) is 0. The molecule has 1 aliphatic rings. The second kappa shape index (κ2) is 8.62. The van der Waals surface area contributed by atoms with E-state index in [0.29, 0.717) is 17.1 Å². The second-order valence-electron chi connectivity index (χ2n) is 7.57. The first-order valence-corrected chi connectivity index (χ1v) is 10.0. The summed E-state index contributed by atoms with van der Waals surface area (Å²) in [4.78, 5) is 43.7. The fourth-order valence-electron chi connectivity index (χ4n) is 3.55. The molecule has 2 heterocycles. The number of esters is 1. The Morgan fingerprint density at radius 2 is 1.75 bits per heavy atom. The van der Waals surface area contributed by atoms with Crippen molar-refractivity contribution in [3.63, 3.8) is 0 Å². The first-order valence-electron chi connectivity index (χ1n) is 10.0. The molecule has 1 aromatic heterocycles. The molecule has 4 rings (SSSR count). The molecule has 2 amide bonds. The average molecular weight is 435 g/mol. The molecule has 0 saturated heterocycles. The number of rotatable bonds is 7. The van der Waals surface area contributed by atoms with Crippen molar-refractivity contribution in [3.8, 4) is 17.1 Å². The van der Waals surface area contributed by atoms with Gasteiger partial charge in [-0.1, -0.05) is 43.3 Å². The summed E-state index contributed by atoms with van der Waals surface area (Å²) in [6.45, 7) is 3.19. The number of carbonyl (C=O) groups is 3. The van der Waals surface area contributed by atoms with Gasteiger partial charge in [0.2, 0.25) is 5.82 Å². The van der Waals surface area contributed by atoms with Crippen molar-refractivity contribution in [2.45, 2.75) is 26.5 Å². The van der Waals surface area contributed by atoms with E-state index >= 15 is 0 Å². The minimum absolute atomic E-state index is 0.0843. The monoisotopic (exact) mass is 435 g/mol. The second-order valence-corrected chi connectivity index (χ2v) is 7.57. The molecule has 2 aromatic carbocycles. The van der Waals surface area contributed by atoms with Crippen molar-refractivity contribution in [1.29, 1.82) is 0 Å². The highest BCUT2D eigenvalue weighted by atomic mass is 16.6. The summed E-state index contributed by atoms with van der Waals surface area (Å²) in [6.07, 6.45) is 0. The normalized spacial score (nSPS) is 13.9. The van der Waals surface area contributed by atoms with Gasteiger partial charge in [0, 0.05) is 5.56 Å². The standard InChI is InChI=1S/C23H21N3O6/c1-13(2)19(26-21(27)16-9-4-5-10-17(16)22(26)28)23(29)31-12-18-24-20(25-32-18)14-7-6-8-15(11-14)30-3/h4-11,13,19H,12H2,1-3H3/t19-/m0/s1. The molecule has 1 atom stereocenters. The average Bonchev–Trinajstić information content (AvgIpc) is 3.37. The predicted molar refractivity (Wildman–Crippen MR) is 112 cm³/mol. The van der Waals surface area contributed by atoms with Crippen molar-refractivity contribution in [3.05, 3.63) is 65.5 Å². The van der Waals surface area contributed by atoms with Crippen molar-refractivity contribution >= 4 is 17.8 Å². The van der Waals surface area contributed by atoms with Gasteiger partial charge in [0.25, 0.3) is 17.7 Å². The molecule has 0 fully saturated rings. The van der Waals surface area contributed by atoms with Crippen LogP contribution in [0.25, 0.3) is 11.4 Å². The molecule has 9 nitrogen and oxygen atoms in total. The fourth-order valence-corrected chi connectivity index (χ4v) is 3.55. The van der Waals surface area contributed by atoms with Gasteiger partial charge >= 0.3 is 5.97 Å². The third-order valence-corrected chi connectivity index (χ3v) is 5.11. The van der Waals surface area contributed by atoms with Crippen LogP contribution in [0.5, 0.6) is 5.75 Å². The first-order chi connectivity index (χ1) is 15.4. The van der Waals surface area contributed by atoms with Crippen LogP contribution in [0.1, 0.15) is 40.5 Å². The Balaban J connectivity index is 1.48. The number of amides is 2. The number of fused-ring (bicyclic) bond motifs is 1. The Kier molecular flexibility index (Phi) is 5.72. The lowest BCUT2D eigenvalue weighted by molar-refractivity contribution is -0.152. The molecule has 3 aromatic rings. The van der Waals surface area contributed by atoms with E-state index in [9.17, 15) is 14.4 Å². The lowest BCUT2D eigenvalue weighted by Crippen LogP contribution is -2.48. The van der Waals surface area contributed by atoms with Crippen LogP contribution in [0.2, 0.25) is 0 Å². The number of benzene rings is 2. The molecular weight excluding hydrogens is 414 g/mol. The van der Waals surface area contributed by atoms with Crippen molar-refractivity contribution in [2.24, 2.45) is 5.92 Å². The zero-order valence-electron chi connectivity index (χ0n) is 17.8. The molecule has 0 saturated carbocycles. The van der Waals surface area contributed by atoms with Crippen LogP contribution < -0.4 is 4.74 Å². The van der Waals surface area contributed by atoms with Crippen LogP contribution >= 0.6 is 0 Å². The van der Waals surface area contributed by atoms with Gasteiger partial charge in [0.1, 0.15) is 11.8 Å². The maximum Gasteiger partial charge on any atom is 0.330 e. The topological polar surface area (TPSA) is 112 Å². The van der Waals surface area contributed by atoms with Crippen LogP contribution in [-0.2, 0) is 16.1 Å². The molecule has 0 spiro atoms. The summed E-state index contributed by atoms with van der Waals surface area (Å²) < 4.78 is 15.7. The highest BCUT2D eigenvalue weighted by molar-refractivity contribution is 6.22. The van der Waals surface area contributed by atoms with Gasteiger partial charge in [-0.3, -0.25) is 14.5 Å². The summed E-state index contributed by atoms with van der Waals surface area (Å²) in [6, 6.07) is 12.5. The van der Waals surface area contributed by atoms with E-state index in [0.717, 1.165) is 4.90 Å². The zero-order chi connectivity index (χ0) is 22.8. The van der Waals surface area contributed by atoms with Crippen LogP contribution in [-0.4, -0.2) is 46.0 Å². The third kappa shape index (κ3) is 3.84. The van der Waals surface area contributed by atoms with Crippen molar-refractivity contribution in [2.75, 3.05) is 7.11 Å². The molecule has 164 valence electrons. The molecule has 0 N–H and O–H groups in total. The Hall–Kier alpha value is -4.01. The van der Waals surface area contributed by atoms with Crippen molar-refractivity contribution in [1.82, 2.24) is 15.0 Å². The Morgan fingerprint density at radius 3 is 2.38 bits per heavy atom. The summed E-state index contributed by atoms with van der Waals surface area (Å²) in [7, 11) is 1.56. The van der Waals surface area contributed by atoms with E-state index in [1.807, 2.05) is 0 Å². The van der Waals surface area contributed by atoms with E-state index in [-0.39, 0.29) is 29.5 Å². The number of carbonyl (C=O) groups excluding carboxylic acids is 3. The van der Waals surface area contributed by atoms with Crippen molar-refractivity contribution < 1.29 is 28.4 Å². The Bertz CT molecular complexity index is 1150. The van der Waals surface area contributed by atoms with E-state index in [4.69, 9.17) is 14.0 Å². The lowest BCUT2D eigenvalue weighted by atomic mass is 10.0. The van der Waals surface area contributed by atoms with Gasteiger partial charge in [-0.25, -0.2) is 4.79 Å². The summed E-state index contributed by atoms with van der Waals surface area (Å²) >= 11 is 0. The smallest absolute Gasteiger partial charge is 0.330 e. The summed E-state index contributed by atoms with van der Waals surface area (Å²) in [5, 5.41) is 3.90. The first kappa shape index (κ1) is 21.2. The van der Waals surface area contributed by atoms with Gasteiger partial charge in [-0.05, 0) is 30.2 Å². The molecule has 0 bridgehead atoms. The maximum absolute atomic E-state index is 12.9. The Morgan fingerprint density at radius 1 is 1.06 bits per heavy atom. The molecule has 9 heteroatoms. The molecule has 0 radical (unpaired) electrons. The van der Waals surface area contributed by atoms with E-state index < -0.39 is 23.8 Å². The molecule has 32 heavy (non-hydrogen) atoms. The van der Waals surface area contributed by atoms with Gasteiger partial charge in [0.05, 0.1) is 18.2 Å². The Labute approximate surface area is 183 Å². The minimum Gasteiger partial charge on any atom is -0.497 e. The largest absolute Gasteiger partial charge is 0.497 e. The van der Waals surface area contributed by atoms with E-state index in [1.165, 1.54) is 0 Å². The van der Waals surface area contributed by atoms with Gasteiger partial charge < -0.3 is 14.0 Å². The number of imide groups is 1. The SMILES string of the molecule is COc1cccc(-c2noc(COC(=O)[C@H](C(C)C)N3C(=O)c4ccccc4C3=O)n2)c1. The number of hydrogen-bond acceptors (Lipinski definition) is 8.